The average molecular weight is 226 g/mol. The van der Waals surface area contributed by atoms with Crippen molar-refractivity contribution in [1.29, 1.82) is 0 Å². The Morgan fingerprint density at radius 2 is 2.31 bits per heavy atom. The SMILES string of the molecule is COc1cc(C(CN)CO)ccc1[N+](=O)[O-]. The van der Waals surface area contributed by atoms with Gasteiger partial charge in [-0.15, -0.1) is 0 Å². The number of methoxy groups -OCH3 is 1. The summed E-state index contributed by atoms with van der Waals surface area (Å²) in [6.45, 7) is 0.176. The Bertz CT molecular complexity index is 377. The number of benzene rings is 1. The maximum absolute atomic E-state index is 10.7. The number of nitro benzene ring substituents is 1. The quantitative estimate of drug-likeness (QED) is 0.567. The summed E-state index contributed by atoms with van der Waals surface area (Å²) in [6, 6.07) is 4.47. The molecule has 0 spiro atoms. The van der Waals surface area contributed by atoms with Crippen LogP contribution in [0.15, 0.2) is 18.2 Å². The van der Waals surface area contributed by atoms with E-state index in [-0.39, 0.29) is 30.5 Å². The van der Waals surface area contributed by atoms with Crippen LogP contribution in [0.2, 0.25) is 0 Å². The number of aliphatic hydroxyl groups is 1. The number of nitrogens with two attached hydrogens (primary N) is 1. The van der Waals surface area contributed by atoms with E-state index in [0.717, 1.165) is 5.56 Å². The van der Waals surface area contributed by atoms with Gasteiger partial charge in [0.2, 0.25) is 0 Å². The van der Waals surface area contributed by atoms with Gasteiger partial charge in [0, 0.05) is 18.5 Å². The maximum Gasteiger partial charge on any atom is 0.310 e. The van der Waals surface area contributed by atoms with Crippen LogP contribution in [0.3, 0.4) is 0 Å². The monoisotopic (exact) mass is 226 g/mol. The minimum absolute atomic E-state index is 0.0973. The molecule has 0 fully saturated rings. The van der Waals surface area contributed by atoms with Gasteiger partial charge in [0.1, 0.15) is 0 Å². The molecule has 88 valence electrons. The van der Waals surface area contributed by atoms with Gasteiger partial charge in [-0.2, -0.15) is 0 Å². The van der Waals surface area contributed by atoms with E-state index in [2.05, 4.69) is 0 Å². The Balaban J connectivity index is 3.12. The number of ether oxygens (including phenoxy) is 1. The van der Waals surface area contributed by atoms with Crippen molar-refractivity contribution in [3.05, 3.63) is 33.9 Å². The maximum atomic E-state index is 10.7. The van der Waals surface area contributed by atoms with E-state index in [1.54, 1.807) is 6.07 Å². The normalized spacial score (nSPS) is 12.2. The standard InChI is InChI=1S/C10H14N2O4/c1-16-10-4-7(8(5-11)6-13)2-3-9(10)12(14)15/h2-4,8,13H,5-6,11H2,1H3. The summed E-state index contributed by atoms with van der Waals surface area (Å²) in [5, 5.41) is 19.7. The molecule has 1 aromatic rings. The van der Waals surface area contributed by atoms with Crippen LogP contribution >= 0.6 is 0 Å². The van der Waals surface area contributed by atoms with Gasteiger partial charge in [0.25, 0.3) is 0 Å². The zero-order valence-electron chi connectivity index (χ0n) is 8.92. The summed E-state index contributed by atoms with van der Waals surface area (Å²) >= 11 is 0. The molecule has 6 heteroatoms. The smallest absolute Gasteiger partial charge is 0.310 e. The lowest BCUT2D eigenvalue weighted by molar-refractivity contribution is -0.385. The molecule has 0 heterocycles. The predicted octanol–water partition coefficient (Wildman–Crippen LogP) is 0.638. The Morgan fingerprint density at radius 3 is 2.75 bits per heavy atom. The Kier molecular flexibility index (Phi) is 4.21. The van der Waals surface area contributed by atoms with E-state index in [0.29, 0.717) is 0 Å². The minimum Gasteiger partial charge on any atom is -0.490 e. The molecule has 1 rings (SSSR count). The summed E-state index contributed by atoms with van der Waals surface area (Å²) in [4.78, 5) is 10.1. The molecule has 0 bridgehead atoms. The zero-order valence-corrected chi connectivity index (χ0v) is 8.92. The average Bonchev–Trinajstić information content (AvgIpc) is 2.30. The third-order valence-corrected chi connectivity index (χ3v) is 2.38. The molecule has 0 aliphatic heterocycles. The van der Waals surface area contributed by atoms with Crippen molar-refractivity contribution in [2.24, 2.45) is 5.73 Å². The molecule has 0 radical (unpaired) electrons. The molecule has 0 amide bonds. The zero-order chi connectivity index (χ0) is 12.1. The van der Waals surface area contributed by atoms with Gasteiger partial charge < -0.3 is 15.6 Å². The van der Waals surface area contributed by atoms with Gasteiger partial charge in [0.15, 0.2) is 5.75 Å². The number of hydrogen-bond acceptors (Lipinski definition) is 5. The van der Waals surface area contributed by atoms with Crippen LogP contribution in [-0.2, 0) is 0 Å². The van der Waals surface area contributed by atoms with Gasteiger partial charge in [-0.25, -0.2) is 0 Å². The van der Waals surface area contributed by atoms with E-state index in [1.165, 1.54) is 19.2 Å². The topological polar surface area (TPSA) is 98.6 Å². The highest BCUT2D eigenvalue weighted by atomic mass is 16.6. The van der Waals surface area contributed by atoms with E-state index >= 15 is 0 Å². The Morgan fingerprint density at radius 1 is 1.62 bits per heavy atom. The fourth-order valence-electron chi connectivity index (χ4n) is 1.42. The molecular formula is C10H14N2O4. The van der Waals surface area contributed by atoms with Crippen molar-refractivity contribution in [3.63, 3.8) is 0 Å². The van der Waals surface area contributed by atoms with Gasteiger partial charge in [0.05, 0.1) is 18.6 Å². The molecule has 1 atom stereocenters. The van der Waals surface area contributed by atoms with Crippen LogP contribution in [-0.4, -0.2) is 30.3 Å². The lowest BCUT2D eigenvalue weighted by atomic mass is 9.99. The predicted molar refractivity (Wildman–Crippen MR) is 58.5 cm³/mol. The van der Waals surface area contributed by atoms with Gasteiger partial charge in [-0.05, 0) is 11.6 Å². The number of hydrogen-bond donors (Lipinski definition) is 2. The molecule has 16 heavy (non-hydrogen) atoms. The van der Waals surface area contributed by atoms with Crippen LogP contribution in [0.5, 0.6) is 5.75 Å². The number of rotatable bonds is 5. The largest absolute Gasteiger partial charge is 0.490 e. The molecule has 0 aromatic heterocycles. The van der Waals surface area contributed by atoms with Crippen molar-refractivity contribution >= 4 is 5.69 Å². The summed E-state index contributed by atoms with van der Waals surface area (Å²) in [6.07, 6.45) is 0. The van der Waals surface area contributed by atoms with Gasteiger partial charge in [-0.1, -0.05) is 6.07 Å². The number of nitrogens with zero attached hydrogens (tertiary/aromatic N) is 1. The molecule has 0 saturated heterocycles. The van der Waals surface area contributed by atoms with E-state index in [1.807, 2.05) is 0 Å². The second-order valence-corrected chi connectivity index (χ2v) is 3.30. The minimum atomic E-state index is -0.515. The highest BCUT2D eigenvalue weighted by molar-refractivity contribution is 5.49. The van der Waals surface area contributed by atoms with Crippen molar-refractivity contribution < 1.29 is 14.8 Å². The van der Waals surface area contributed by atoms with Crippen LogP contribution in [0.1, 0.15) is 11.5 Å². The van der Waals surface area contributed by atoms with Crippen molar-refractivity contribution in [2.75, 3.05) is 20.3 Å². The molecule has 0 aliphatic rings. The van der Waals surface area contributed by atoms with E-state index in [9.17, 15) is 10.1 Å². The molecule has 1 unspecified atom stereocenters. The molecular weight excluding hydrogens is 212 g/mol. The Hall–Kier alpha value is -1.66. The third-order valence-electron chi connectivity index (χ3n) is 2.38. The van der Waals surface area contributed by atoms with Crippen molar-refractivity contribution in [3.8, 4) is 5.75 Å². The van der Waals surface area contributed by atoms with Gasteiger partial charge in [-0.3, -0.25) is 10.1 Å². The highest BCUT2D eigenvalue weighted by Gasteiger charge is 2.17. The fourth-order valence-corrected chi connectivity index (χ4v) is 1.42. The number of aliphatic hydroxyl groups excluding tert-OH is 1. The fraction of sp³-hybridized carbons (Fsp3) is 0.400. The van der Waals surface area contributed by atoms with E-state index < -0.39 is 4.92 Å². The molecule has 0 aliphatic carbocycles. The van der Waals surface area contributed by atoms with Crippen LogP contribution in [0.4, 0.5) is 5.69 Å². The molecule has 0 saturated carbocycles. The van der Waals surface area contributed by atoms with Crippen LogP contribution < -0.4 is 10.5 Å². The second-order valence-electron chi connectivity index (χ2n) is 3.30. The summed E-state index contributed by atoms with van der Waals surface area (Å²) in [5.74, 6) is -0.0518. The first kappa shape index (κ1) is 12.4. The van der Waals surface area contributed by atoms with Gasteiger partial charge >= 0.3 is 5.69 Å². The van der Waals surface area contributed by atoms with Crippen LogP contribution in [0.25, 0.3) is 0 Å². The first-order chi connectivity index (χ1) is 7.63. The molecule has 6 nitrogen and oxygen atoms in total. The molecule has 1 aromatic carbocycles. The lowest BCUT2D eigenvalue weighted by Gasteiger charge is -2.12. The summed E-state index contributed by atoms with van der Waals surface area (Å²) < 4.78 is 4.92. The lowest BCUT2D eigenvalue weighted by Crippen LogP contribution is -2.16. The third kappa shape index (κ3) is 2.47. The van der Waals surface area contributed by atoms with Crippen molar-refractivity contribution in [2.45, 2.75) is 5.92 Å². The first-order valence-electron chi connectivity index (χ1n) is 4.77. The van der Waals surface area contributed by atoms with E-state index in [4.69, 9.17) is 15.6 Å². The first-order valence-corrected chi connectivity index (χ1v) is 4.77. The molecule has 3 N–H and O–H groups in total. The highest BCUT2D eigenvalue weighted by Crippen LogP contribution is 2.30. The van der Waals surface area contributed by atoms with Crippen molar-refractivity contribution in [1.82, 2.24) is 0 Å². The Labute approximate surface area is 92.8 Å². The summed E-state index contributed by atoms with van der Waals surface area (Å²) in [7, 11) is 1.36. The summed E-state index contributed by atoms with van der Waals surface area (Å²) in [5.41, 5.74) is 6.10. The van der Waals surface area contributed by atoms with Crippen LogP contribution in [0, 0.1) is 10.1 Å². The second kappa shape index (κ2) is 5.43. The number of nitro groups is 1.